The second-order valence-electron chi connectivity index (χ2n) is 4.67. The zero-order valence-electron chi connectivity index (χ0n) is 12.7. The summed E-state index contributed by atoms with van der Waals surface area (Å²) in [6.45, 7) is 6.20. The van der Waals surface area contributed by atoms with Crippen LogP contribution in [-0.4, -0.2) is 24.8 Å². The van der Waals surface area contributed by atoms with E-state index in [2.05, 4.69) is 13.8 Å². The summed E-state index contributed by atoms with van der Waals surface area (Å²) in [7, 11) is 1.52. The van der Waals surface area contributed by atoms with Crippen LogP contribution in [0.15, 0.2) is 18.2 Å². The molecule has 1 aromatic rings. The number of carbonyl (C=O) groups excluding carboxylic acids is 1. The van der Waals surface area contributed by atoms with Crippen molar-refractivity contribution in [1.82, 2.24) is 0 Å². The average Bonchev–Trinajstić information content (AvgIpc) is 2.47. The molecule has 20 heavy (non-hydrogen) atoms. The number of hydrogen-bond donors (Lipinski definition) is 1. The zero-order chi connectivity index (χ0) is 15.1. The number of aliphatic hydroxyl groups excluding tert-OH is 1. The highest BCUT2D eigenvalue weighted by atomic mass is 16.5. The quantitative estimate of drug-likeness (QED) is 0.779. The van der Waals surface area contributed by atoms with Crippen LogP contribution in [-0.2, 0) is 9.53 Å². The highest BCUT2D eigenvalue weighted by Gasteiger charge is 2.23. The minimum atomic E-state index is -1.31. The smallest absolute Gasteiger partial charge is 0.339 e. The summed E-state index contributed by atoms with van der Waals surface area (Å²) in [4.78, 5) is 11.7. The maximum atomic E-state index is 11.7. The molecule has 4 heteroatoms. The molecule has 0 saturated heterocycles. The summed E-state index contributed by atoms with van der Waals surface area (Å²) in [5, 5.41) is 10.1. The van der Waals surface area contributed by atoms with Gasteiger partial charge in [0.25, 0.3) is 0 Å². The van der Waals surface area contributed by atoms with E-state index in [1.807, 2.05) is 12.1 Å². The Morgan fingerprint density at radius 1 is 1.25 bits per heavy atom. The molecule has 112 valence electrons. The van der Waals surface area contributed by atoms with Crippen LogP contribution in [0, 0.1) is 0 Å². The van der Waals surface area contributed by atoms with Crippen molar-refractivity contribution >= 4 is 5.97 Å². The molecule has 0 bridgehead atoms. The van der Waals surface area contributed by atoms with Crippen molar-refractivity contribution < 1.29 is 19.4 Å². The number of hydrogen-bond acceptors (Lipinski definition) is 4. The van der Waals surface area contributed by atoms with Crippen LogP contribution < -0.4 is 4.74 Å². The van der Waals surface area contributed by atoms with Gasteiger partial charge in [-0.2, -0.15) is 0 Å². The molecule has 0 spiro atoms. The largest absolute Gasteiger partial charge is 0.496 e. The molecule has 0 aromatic heterocycles. The Labute approximate surface area is 120 Å². The third kappa shape index (κ3) is 3.73. The standard InChI is InChI=1S/C16H24O4/c1-5-11(6-2)12-8-9-14(19-4)13(10-12)15(17)16(18)20-7-3/h8-11,15,17H,5-7H2,1-4H3. The van der Waals surface area contributed by atoms with E-state index >= 15 is 0 Å². The van der Waals surface area contributed by atoms with Crippen molar-refractivity contribution in [1.29, 1.82) is 0 Å². The van der Waals surface area contributed by atoms with Crippen LogP contribution in [0.2, 0.25) is 0 Å². The number of ether oxygens (including phenoxy) is 2. The lowest BCUT2D eigenvalue weighted by Crippen LogP contribution is -2.16. The summed E-state index contributed by atoms with van der Waals surface area (Å²) in [5.41, 5.74) is 1.57. The van der Waals surface area contributed by atoms with Gasteiger partial charge in [-0.05, 0) is 43.4 Å². The van der Waals surface area contributed by atoms with Gasteiger partial charge in [-0.15, -0.1) is 0 Å². The van der Waals surface area contributed by atoms with Gasteiger partial charge >= 0.3 is 5.97 Å². The third-order valence-electron chi connectivity index (χ3n) is 3.52. The van der Waals surface area contributed by atoms with E-state index in [-0.39, 0.29) is 6.61 Å². The van der Waals surface area contributed by atoms with Crippen molar-refractivity contribution in [3.05, 3.63) is 29.3 Å². The van der Waals surface area contributed by atoms with Crippen LogP contribution in [0.25, 0.3) is 0 Å². The first-order valence-corrected chi connectivity index (χ1v) is 7.11. The van der Waals surface area contributed by atoms with Crippen molar-refractivity contribution in [2.45, 2.75) is 45.6 Å². The minimum absolute atomic E-state index is 0.241. The van der Waals surface area contributed by atoms with Crippen LogP contribution in [0.4, 0.5) is 0 Å². The van der Waals surface area contributed by atoms with E-state index in [9.17, 15) is 9.90 Å². The fraction of sp³-hybridized carbons (Fsp3) is 0.562. The van der Waals surface area contributed by atoms with Gasteiger partial charge in [-0.25, -0.2) is 4.79 Å². The van der Waals surface area contributed by atoms with Gasteiger partial charge in [0, 0.05) is 5.56 Å². The first-order valence-electron chi connectivity index (χ1n) is 7.11. The Bertz CT molecular complexity index is 438. The van der Waals surface area contributed by atoms with Crippen LogP contribution in [0.3, 0.4) is 0 Å². The normalized spacial score (nSPS) is 12.3. The zero-order valence-corrected chi connectivity index (χ0v) is 12.7. The summed E-state index contributed by atoms with van der Waals surface area (Å²) in [6.07, 6.45) is 0.717. The van der Waals surface area contributed by atoms with E-state index in [1.165, 1.54) is 7.11 Å². The molecule has 0 radical (unpaired) electrons. The molecule has 4 nitrogen and oxygen atoms in total. The van der Waals surface area contributed by atoms with Crippen molar-refractivity contribution in [3.8, 4) is 5.75 Å². The Morgan fingerprint density at radius 2 is 1.90 bits per heavy atom. The SMILES string of the molecule is CCOC(=O)C(O)c1cc(C(CC)CC)ccc1OC. The highest BCUT2D eigenvalue weighted by molar-refractivity contribution is 5.77. The van der Waals surface area contributed by atoms with Crippen LogP contribution >= 0.6 is 0 Å². The maximum Gasteiger partial charge on any atom is 0.339 e. The lowest BCUT2D eigenvalue weighted by Gasteiger charge is -2.18. The first kappa shape index (κ1) is 16.5. The molecule has 1 aromatic carbocycles. The molecule has 0 saturated carbocycles. The monoisotopic (exact) mass is 280 g/mol. The molecular formula is C16H24O4. The molecule has 1 N–H and O–H groups in total. The predicted octanol–water partition coefficient (Wildman–Crippen LogP) is 3.20. The van der Waals surface area contributed by atoms with Gasteiger partial charge in [-0.3, -0.25) is 0 Å². The Hall–Kier alpha value is -1.55. The average molecular weight is 280 g/mol. The number of rotatable bonds is 7. The Morgan fingerprint density at radius 3 is 2.40 bits per heavy atom. The van der Waals surface area contributed by atoms with Gasteiger partial charge in [0.2, 0.25) is 0 Å². The molecule has 1 rings (SSSR count). The Balaban J connectivity index is 3.14. The van der Waals surface area contributed by atoms with Gasteiger partial charge < -0.3 is 14.6 Å². The van der Waals surface area contributed by atoms with E-state index in [0.717, 1.165) is 18.4 Å². The molecule has 0 amide bonds. The first-order chi connectivity index (χ1) is 9.58. The lowest BCUT2D eigenvalue weighted by molar-refractivity contribution is -0.153. The fourth-order valence-electron chi connectivity index (χ4n) is 2.33. The molecular weight excluding hydrogens is 256 g/mol. The second kappa shape index (κ2) is 7.90. The predicted molar refractivity (Wildman–Crippen MR) is 77.9 cm³/mol. The summed E-state index contributed by atoms with van der Waals surface area (Å²) >= 11 is 0. The van der Waals surface area contributed by atoms with Crippen molar-refractivity contribution in [2.75, 3.05) is 13.7 Å². The topological polar surface area (TPSA) is 55.8 Å². The van der Waals surface area contributed by atoms with Gasteiger partial charge in [-0.1, -0.05) is 19.9 Å². The minimum Gasteiger partial charge on any atom is -0.496 e. The van der Waals surface area contributed by atoms with E-state index in [0.29, 0.717) is 17.2 Å². The van der Waals surface area contributed by atoms with Gasteiger partial charge in [0.15, 0.2) is 6.10 Å². The van der Waals surface area contributed by atoms with Gasteiger partial charge in [0.05, 0.1) is 13.7 Å². The molecule has 1 unspecified atom stereocenters. The maximum absolute atomic E-state index is 11.7. The fourth-order valence-corrected chi connectivity index (χ4v) is 2.33. The molecule has 0 aliphatic rings. The second-order valence-corrected chi connectivity index (χ2v) is 4.67. The third-order valence-corrected chi connectivity index (χ3v) is 3.52. The molecule has 0 heterocycles. The van der Waals surface area contributed by atoms with E-state index in [4.69, 9.17) is 9.47 Å². The van der Waals surface area contributed by atoms with E-state index < -0.39 is 12.1 Å². The van der Waals surface area contributed by atoms with Crippen LogP contribution in [0.1, 0.15) is 56.8 Å². The van der Waals surface area contributed by atoms with Crippen molar-refractivity contribution in [3.63, 3.8) is 0 Å². The van der Waals surface area contributed by atoms with Gasteiger partial charge in [0.1, 0.15) is 5.75 Å². The number of esters is 1. The summed E-state index contributed by atoms with van der Waals surface area (Å²) in [5.74, 6) is 0.266. The molecule has 0 aliphatic carbocycles. The van der Waals surface area contributed by atoms with Crippen molar-refractivity contribution in [2.24, 2.45) is 0 Å². The van der Waals surface area contributed by atoms with Crippen LogP contribution in [0.5, 0.6) is 5.75 Å². The number of aliphatic hydroxyl groups is 1. The summed E-state index contributed by atoms with van der Waals surface area (Å²) in [6, 6.07) is 5.63. The van der Waals surface area contributed by atoms with E-state index in [1.54, 1.807) is 13.0 Å². The number of benzene rings is 1. The number of carbonyl (C=O) groups is 1. The highest BCUT2D eigenvalue weighted by Crippen LogP contribution is 2.32. The molecule has 0 fully saturated rings. The number of methoxy groups -OCH3 is 1. The summed E-state index contributed by atoms with van der Waals surface area (Å²) < 4.78 is 10.1. The molecule has 0 aliphatic heterocycles. The lowest BCUT2D eigenvalue weighted by atomic mass is 9.91. The Kier molecular flexibility index (Phi) is 6.52. The molecule has 1 atom stereocenters.